The first kappa shape index (κ1) is 18.7. The maximum Gasteiger partial charge on any atom is 0.416 e. The van der Waals surface area contributed by atoms with Crippen molar-refractivity contribution >= 4 is 5.97 Å². The van der Waals surface area contributed by atoms with Crippen molar-refractivity contribution < 1.29 is 27.8 Å². The van der Waals surface area contributed by atoms with E-state index in [0.717, 1.165) is 12.1 Å². The fraction of sp³-hybridized carbons (Fsp3) is 0.235. The van der Waals surface area contributed by atoms with Crippen LogP contribution in [0.3, 0.4) is 0 Å². The molecule has 1 aromatic rings. The Hall–Kier alpha value is -2.34. The molecule has 0 bridgehead atoms. The first-order valence-corrected chi connectivity index (χ1v) is 6.72. The molecule has 0 fully saturated rings. The van der Waals surface area contributed by atoms with Gasteiger partial charge in [-0.25, -0.2) is 4.79 Å². The van der Waals surface area contributed by atoms with Crippen LogP contribution in [0.15, 0.2) is 61.2 Å². The van der Waals surface area contributed by atoms with Crippen LogP contribution in [0.4, 0.5) is 13.2 Å². The summed E-state index contributed by atoms with van der Waals surface area (Å²) in [6, 6.07) is 4.23. The number of esters is 1. The molecule has 0 saturated heterocycles. The van der Waals surface area contributed by atoms with Gasteiger partial charge in [-0.3, -0.25) is 0 Å². The van der Waals surface area contributed by atoms with Gasteiger partial charge < -0.3 is 9.84 Å². The lowest BCUT2D eigenvalue weighted by Crippen LogP contribution is -2.26. The number of hydrogen-bond donors (Lipinski definition) is 1. The number of allylic oxidation sites excluding steroid dienone is 2. The molecule has 1 aromatic carbocycles. The highest BCUT2D eigenvalue weighted by Gasteiger charge is 2.30. The molecule has 0 amide bonds. The highest BCUT2D eigenvalue weighted by Crippen LogP contribution is 2.29. The van der Waals surface area contributed by atoms with Gasteiger partial charge in [0.1, 0.15) is 6.61 Å². The van der Waals surface area contributed by atoms with E-state index in [1.807, 2.05) is 0 Å². The summed E-state index contributed by atoms with van der Waals surface area (Å²) in [6.07, 6.45) is -1.43. The molecule has 6 heteroatoms. The summed E-state index contributed by atoms with van der Waals surface area (Å²) in [5.74, 6) is -0.860. The lowest BCUT2D eigenvalue weighted by Gasteiger charge is -2.12. The number of carbonyl (C=O) groups excluding carboxylic acids is 1. The highest BCUT2D eigenvalue weighted by molar-refractivity contribution is 5.75. The molecule has 1 unspecified atom stereocenters. The van der Waals surface area contributed by atoms with Gasteiger partial charge in [0.25, 0.3) is 0 Å². The Morgan fingerprint density at radius 3 is 2.35 bits per heavy atom. The molecule has 0 spiro atoms. The average molecular weight is 326 g/mol. The van der Waals surface area contributed by atoms with E-state index in [2.05, 4.69) is 13.2 Å². The Morgan fingerprint density at radius 1 is 1.26 bits per heavy atom. The van der Waals surface area contributed by atoms with Gasteiger partial charge in [0, 0.05) is 6.42 Å². The molecule has 0 aliphatic rings. The minimum absolute atomic E-state index is 0.0710. The van der Waals surface area contributed by atoms with Gasteiger partial charge in [-0.2, -0.15) is 13.2 Å². The van der Waals surface area contributed by atoms with E-state index >= 15 is 0 Å². The first-order valence-electron chi connectivity index (χ1n) is 6.72. The summed E-state index contributed by atoms with van der Waals surface area (Å²) >= 11 is 0. The van der Waals surface area contributed by atoms with Crippen LogP contribution < -0.4 is 0 Å². The van der Waals surface area contributed by atoms with Crippen LogP contribution in [0.25, 0.3) is 0 Å². The number of hydrogen-bond acceptors (Lipinski definition) is 3. The zero-order chi connectivity index (χ0) is 17.5. The van der Waals surface area contributed by atoms with Crippen LogP contribution in [0, 0.1) is 0 Å². The standard InChI is InChI=1S/C17H17F3O3/c1-3-5-12(4-2)11-23-16(22)15(21)10-13-6-8-14(9-7-13)17(18,19)20/h3-9,15,21H,1-2,10-11H2/b12-5+. The monoisotopic (exact) mass is 326 g/mol. The predicted octanol–water partition coefficient (Wildman–Crippen LogP) is 3.45. The number of alkyl halides is 3. The number of ether oxygens (including phenoxy) is 1. The number of aliphatic hydroxyl groups is 1. The van der Waals surface area contributed by atoms with Gasteiger partial charge >= 0.3 is 12.1 Å². The Kier molecular flexibility index (Phi) is 6.78. The topological polar surface area (TPSA) is 46.5 Å². The van der Waals surface area contributed by atoms with Crippen molar-refractivity contribution in [3.63, 3.8) is 0 Å². The Morgan fingerprint density at radius 2 is 1.87 bits per heavy atom. The number of carbonyl (C=O) groups is 1. The molecule has 1 atom stereocenters. The van der Waals surface area contributed by atoms with Gasteiger partial charge in [-0.05, 0) is 23.3 Å². The summed E-state index contributed by atoms with van der Waals surface area (Å²) < 4.78 is 42.2. The van der Waals surface area contributed by atoms with Crippen LogP contribution in [-0.4, -0.2) is 23.8 Å². The summed E-state index contributed by atoms with van der Waals surface area (Å²) in [6.45, 7) is 6.96. The molecule has 124 valence electrons. The second-order valence-corrected chi connectivity index (χ2v) is 4.70. The number of benzene rings is 1. The van der Waals surface area contributed by atoms with Crippen LogP contribution in [0.5, 0.6) is 0 Å². The molecule has 0 radical (unpaired) electrons. The Bertz CT molecular complexity index is 586. The zero-order valence-electron chi connectivity index (χ0n) is 12.3. The smallest absolute Gasteiger partial charge is 0.416 e. The third-order valence-electron chi connectivity index (χ3n) is 2.96. The van der Waals surface area contributed by atoms with Gasteiger partial charge in [-0.15, -0.1) is 0 Å². The SMILES string of the molecule is C=C/C=C(\C=C)COC(=O)C(O)Cc1ccc(C(F)(F)F)cc1. The number of rotatable bonds is 7. The average Bonchev–Trinajstić information content (AvgIpc) is 2.50. The Labute approximate surface area is 132 Å². The van der Waals surface area contributed by atoms with Gasteiger partial charge in [0.05, 0.1) is 5.56 Å². The molecule has 0 aliphatic carbocycles. The van der Waals surface area contributed by atoms with Crippen LogP contribution in [0.1, 0.15) is 11.1 Å². The Balaban J connectivity index is 2.60. The van der Waals surface area contributed by atoms with Crippen molar-refractivity contribution in [1.82, 2.24) is 0 Å². The van der Waals surface area contributed by atoms with Crippen molar-refractivity contribution in [3.05, 3.63) is 72.4 Å². The van der Waals surface area contributed by atoms with Crippen LogP contribution >= 0.6 is 0 Å². The van der Waals surface area contributed by atoms with Gasteiger partial charge in [0.15, 0.2) is 6.10 Å². The zero-order valence-corrected chi connectivity index (χ0v) is 12.3. The van der Waals surface area contributed by atoms with Crippen molar-refractivity contribution in [1.29, 1.82) is 0 Å². The highest BCUT2D eigenvalue weighted by atomic mass is 19.4. The summed E-state index contributed by atoms with van der Waals surface area (Å²) in [7, 11) is 0. The first-order chi connectivity index (χ1) is 10.8. The third kappa shape index (κ3) is 6.12. The number of halogens is 3. The summed E-state index contributed by atoms with van der Waals surface area (Å²) in [5, 5.41) is 9.75. The number of aliphatic hydroxyl groups excluding tert-OH is 1. The van der Waals surface area contributed by atoms with Gasteiger partial charge in [0.2, 0.25) is 0 Å². The second kappa shape index (κ2) is 8.33. The maximum absolute atomic E-state index is 12.4. The van der Waals surface area contributed by atoms with E-state index in [9.17, 15) is 23.1 Å². The molecule has 3 nitrogen and oxygen atoms in total. The normalized spacial score (nSPS) is 13.3. The summed E-state index contributed by atoms with van der Waals surface area (Å²) in [5.41, 5.74) is 0.214. The van der Waals surface area contributed by atoms with Crippen LogP contribution in [0.2, 0.25) is 0 Å². The molecule has 0 aliphatic heterocycles. The largest absolute Gasteiger partial charge is 0.459 e. The molecule has 1 N–H and O–H groups in total. The van der Waals surface area contributed by atoms with E-state index in [1.165, 1.54) is 24.3 Å². The lowest BCUT2D eigenvalue weighted by molar-refractivity contribution is -0.152. The van der Waals surface area contributed by atoms with Crippen molar-refractivity contribution in [3.8, 4) is 0 Å². The fourth-order valence-corrected chi connectivity index (χ4v) is 1.71. The molecule has 23 heavy (non-hydrogen) atoms. The summed E-state index contributed by atoms with van der Waals surface area (Å²) in [4.78, 5) is 11.7. The molecular weight excluding hydrogens is 309 g/mol. The van der Waals surface area contributed by atoms with E-state index in [4.69, 9.17) is 4.74 Å². The van der Waals surface area contributed by atoms with Gasteiger partial charge in [-0.1, -0.05) is 43.5 Å². The molecule has 0 saturated carbocycles. The third-order valence-corrected chi connectivity index (χ3v) is 2.96. The molecular formula is C17H17F3O3. The second-order valence-electron chi connectivity index (χ2n) is 4.70. The van der Waals surface area contributed by atoms with Crippen molar-refractivity contribution in [2.75, 3.05) is 6.61 Å². The van der Waals surface area contributed by atoms with E-state index in [0.29, 0.717) is 11.1 Å². The van der Waals surface area contributed by atoms with Crippen LogP contribution in [-0.2, 0) is 22.1 Å². The fourth-order valence-electron chi connectivity index (χ4n) is 1.71. The van der Waals surface area contributed by atoms with E-state index in [-0.39, 0.29) is 13.0 Å². The van der Waals surface area contributed by atoms with E-state index in [1.54, 1.807) is 6.08 Å². The van der Waals surface area contributed by atoms with Crippen molar-refractivity contribution in [2.45, 2.75) is 18.7 Å². The predicted molar refractivity (Wildman–Crippen MR) is 80.6 cm³/mol. The minimum atomic E-state index is -4.42. The molecule has 0 aromatic heterocycles. The molecule has 1 rings (SSSR count). The lowest BCUT2D eigenvalue weighted by atomic mass is 10.1. The maximum atomic E-state index is 12.4. The molecule has 0 heterocycles. The van der Waals surface area contributed by atoms with E-state index < -0.39 is 23.8 Å². The van der Waals surface area contributed by atoms with Crippen molar-refractivity contribution in [2.24, 2.45) is 0 Å². The minimum Gasteiger partial charge on any atom is -0.459 e. The quantitative estimate of drug-likeness (QED) is 0.617.